The van der Waals surface area contributed by atoms with Gasteiger partial charge in [0.1, 0.15) is 5.03 Å². The van der Waals surface area contributed by atoms with Crippen molar-refractivity contribution in [1.82, 2.24) is 15.2 Å². The van der Waals surface area contributed by atoms with Crippen LogP contribution in [0, 0.1) is 19.8 Å². The predicted molar refractivity (Wildman–Crippen MR) is 113 cm³/mol. The SMILES string of the molecule is CSc1ncccc1C(=O)N1CCC(CNC(=O)c2cc(C)cc(C)c2)CC1. The van der Waals surface area contributed by atoms with Gasteiger partial charge < -0.3 is 10.2 Å². The Morgan fingerprint density at radius 3 is 2.50 bits per heavy atom. The van der Waals surface area contributed by atoms with Crippen molar-refractivity contribution < 1.29 is 9.59 Å². The monoisotopic (exact) mass is 397 g/mol. The van der Waals surface area contributed by atoms with Crippen LogP contribution in [0.15, 0.2) is 41.6 Å². The van der Waals surface area contributed by atoms with Gasteiger partial charge >= 0.3 is 0 Å². The van der Waals surface area contributed by atoms with Crippen LogP contribution in [0.4, 0.5) is 0 Å². The second-order valence-electron chi connectivity index (χ2n) is 7.38. The number of carbonyl (C=O) groups is 2. The summed E-state index contributed by atoms with van der Waals surface area (Å²) in [5.74, 6) is 0.424. The zero-order chi connectivity index (χ0) is 20.1. The standard InChI is InChI=1S/C22H27N3O2S/c1-15-11-16(2)13-18(12-15)20(26)24-14-17-6-9-25(10-7-17)22(27)19-5-4-8-23-21(19)28-3/h4-5,8,11-13,17H,6-7,9-10,14H2,1-3H3,(H,24,26). The van der Waals surface area contributed by atoms with Crippen molar-refractivity contribution >= 4 is 23.6 Å². The summed E-state index contributed by atoms with van der Waals surface area (Å²) in [5, 5.41) is 3.83. The van der Waals surface area contributed by atoms with Gasteiger partial charge in [-0.25, -0.2) is 4.98 Å². The van der Waals surface area contributed by atoms with Crippen molar-refractivity contribution in [3.05, 3.63) is 58.8 Å². The van der Waals surface area contributed by atoms with Crippen molar-refractivity contribution in [2.24, 2.45) is 5.92 Å². The van der Waals surface area contributed by atoms with Gasteiger partial charge in [-0.15, -0.1) is 11.8 Å². The average molecular weight is 398 g/mol. The first-order valence-electron chi connectivity index (χ1n) is 9.62. The topological polar surface area (TPSA) is 62.3 Å². The number of piperidine rings is 1. The fourth-order valence-electron chi connectivity index (χ4n) is 3.67. The Labute approximate surface area is 170 Å². The zero-order valence-corrected chi connectivity index (χ0v) is 17.5. The minimum atomic E-state index is -0.0229. The normalized spacial score (nSPS) is 14.8. The lowest BCUT2D eigenvalue weighted by Crippen LogP contribution is -2.41. The Balaban J connectivity index is 1.51. The van der Waals surface area contributed by atoms with Gasteiger partial charge in [-0.3, -0.25) is 9.59 Å². The molecule has 1 saturated heterocycles. The molecule has 1 N–H and O–H groups in total. The first-order chi connectivity index (χ1) is 13.5. The van der Waals surface area contributed by atoms with E-state index in [1.165, 1.54) is 11.8 Å². The molecule has 0 radical (unpaired) electrons. The molecule has 5 nitrogen and oxygen atoms in total. The van der Waals surface area contributed by atoms with Gasteiger partial charge in [0, 0.05) is 31.4 Å². The van der Waals surface area contributed by atoms with Crippen molar-refractivity contribution in [3.63, 3.8) is 0 Å². The molecule has 1 aromatic carbocycles. The maximum atomic E-state index is 12.8. The van der Waals surface area contributed by atoms with Crippen LogP contribution in [0.5, 0.6) is 0 Å². The lowest BCUT2D eigenvalue weighted by atomic mass is 9.96. The van der Waals surface area contributed by atoms with Crippen LogP contribution in [0.2, 0.25) is 0 Å². The molecule has 3 rings (SSSR count). The molecule has 148 valence electrons. The van der Waals surface area contributed by atoms with Crippen LogP contribution < -0.4 is 5.32 Å². The number of pyridine rings is 1. The number of amides is 2. The number of likely N-dealkylation sites (tertiary alicyclic amines) is 1. The lowest BCUT2D eigenvalue weighted by molar-refractivity contribution is 0.0680. The summed E-state index contributed by atoms with van der Waals surface area (Å²) in [7, 11) is 0. The first kappa shape index (κ1) is 20.4. The minimum absolute atomic E-state index is 0.0229. The molecule has 2 amide bonds. The second kappa shape index (κ2) is 9.24. The first-order valence-corrected chi connectivity index (χ1v) is 10.8. The molecular formula is C22H27N3O2S. The molecule has 2 aromatic rings. The summed E-state index contributed by atoms with van der Waals surface area (Å²) in [6.45, 7) is 6.08. The van der Waals surface area contributed by atoms with Gasteiger partial charge in [-0.2, -0.15) is 0 Å². The van der Waals surface area contributed by atoms with Crippen LogP contribution in [-0.2, 0) is 0 Å². The third-order valence-electron chi connectivity index (χ3n) is 5.13. The molecule has 0 atom stereocenters. The molecule has 2 heterocycles. The molecule has 0 spiro atoms. The number of rotatable bonds is 5. The number of carbonyl (C=O) groups excluding carboxylic acids is 2. The third-order valence-corrected chi connectivity index (χ3v) is 5.84. The van der Waals surface area contributed by atoms with Crippen LogP contribution >= 0.6 is 11.8 Å². The van der Waals surface area contributed by atoms with Gasteiger partial charge in [0.15, 0.2) is 0 Å². The summed E-state index contributed by atoms with van der Waals surface area (Å²) >= 11 is 1.49. The van der Waals surface area contributed by atoms with Crippen LogP contribution in [-0.4, -0.2) is 47.6 Å². The van der Waals surface area contributed by atoms with Crippen LogP contribution in [0.1, 0.15) is 44.7 Å². The Hall–Kier alpha value is -2.34. The third kappa shape index (κ3) is 4.93. The van der Waals surface area contributed by atoms with Gasteiger partial charge in [0.25, 0.3) is 11.8 Å². The van der Waals surface area contributed by atoms with Crippen molar-refractivity contribution in [3.8, 4) is 0 Å². The Morgan fingerprint density at radius 1 is 1.18 bits per heavy atom. The number of hydrogen-bond acceptors (Lipinski definition) is 4. The Bertz CT molecular complexity index is 840. The molecule has 1 aromatic heterocycles. The number of benzene rings is 1. The van der Waals surface area contributed by atoms with Crippen molar-refractivity contribution in [1.29, 1.82) is 0 Å². The summed E-state index contributed by atoms with van der Waals surface area (Å²) < 4.78 is 0. The number of aryl methyl sites for hydroxylation is 2. The van der Waals surface area contributed by atoms with Gasteiger partial charge in [0.05, 0.1) is 5.56 Å². The van der Waals surface area contributed by atoms with E-state index in [2.05, 4.69) is 16.4 Å². The molecule has 0 aliphatic carbocycles. The van der Waals surface area contributed by atoms with E-state index in [1.54, 1.807) is 6.20 Å². The number of nitrogens with zero attached hydrogens (tertiary/aromatic N) is 2. The molecule has 1 aliphatic rings. The number of thioether (sulfide) groups is 1. The van der Waals surface area contributed by atoms with Gasteiger partial charge in [-0.1, -0.05) is 17.2 Å². The van der Waals surface area contributed by atoms with E-state index in [4.69, 9.17) is 0 Å². The van der Waals surface area contributed by atoms with E-state index in [9.17, 15) is 9.59 Å². The fraction of sp³-hybridized carbons (Fsp3) is 0.409. The second-order valence-corrected chi connectivity index (χ2v) is 8.18. The largest absolute Gasteiger partial charge is 0.352 e. The van der Waals surface area contributed by atoms with E-state index in [1.807, 2.05) is 49.3 Å². The van der Waals surface area contributed by atoms with E-state index < -0.39 is 0 Å². The highest BCUT2D eigenvalue weighted by Gasteiger charge is 2.25. The highest BCUT2D eigenvalue weighted by atomic mass is 32.2. The summed E-state index contributed by atoms with van der Waals surface area (Å²) in [4.78, 5) is 31.4. The van der Waals surface area contributed by atoms with E-state index in [0.29, 0.717) is 36.7 Å². The van der Waals surface area contributed by atoms with Gasteiger partial charge in [0.2, 0.25) is 0 Å². The Kier molecular flexibility index (Phi) is 6.73. The van der Waals surface area contributed by atoms with Crippen LogP contribution in [0.3, 0.4) is 0 Å². The fourth-order valence-corrected chi connectivity index (χ4v) is 4.21. The molecule has 0 bridgehead atoms. The number of hydrogen-bond donors (Lipinski definition) is 1. The average Bonchev–Trinajstić information content (AvgIpc) is 2.71. The maximum Gasteiger partial charge on any atom is 0.256 e. The predicted octanol–water partition coefficient (Wildman–Crippen LogP) is 3.70. The van der Waals surface area contributed by atoms with Gasteiger partial charge in [-0.05, 0) is 63.1 Å². The molecule has 1 fully saturated rings. The quantitative estimate of drug-likeness (QED) is 0.782. The summed E-state index contributed by atoms with van der Waals surface area (Å²) in [5.41, 5.74) is 3.58. The van der Waals surface area contributed by atoms with E-state index >= 15 is 0 Å². The minimum Gasteiger partial charge on any atom is -0.352 e. The molecule has 0 saturated carbocycles. The van der Waals surface area contributed by atoms with Crippen molar-refractivity contribution in [2.45, 2.75) is 31.7 Å². The van der Waals surface area contributed by atoms with Crippen LogP contribution in [0.25, 0.3) is 0 Å². The highest BCUT2D eigenvalue weighted by Crippen LogP contribution is 2.23. The molecule has 28 heavy (non-hydrogen) atoms. The molecule has 0 unspecified atom stereocenters. The summed E-state index contributed by atoms with van der Waals surface area (Å²) in [6, 6.07) is 9.55. The van der Waals surface area contributed by atoms with E-state index in [-0.39, 0.29) is 11.8 Å². The molecular weight excluding hydrogens is 370 g/mol. The smallest absolute Gasteiger partial charge is 0.256 e. The zero-order valence-electron chi connectivity index (χ0n) is 16.7. The lowest BCUT2D eigenvalue weighted by Gasteiger charge is -2.32. The number of aromatic nitrogens is 1. The van der Waals surface area contributed by atoms with E-state index in [0.717, 1.165) is 29.0 Å². The van der Waals surface area contributed by atoms with Crippen molar-refractivity contribution in [2.75, 3.05) is 25.9 Å². The molecule has 6 heteroatoms. The Morgan fingerprint density at radius 2 is 1.86 bits per heavy atom. The highest BCUT2D eigenvalue weighted by molar-refractivity contribution is 7.98. The summed E-state index contributed by atoms with van der Waals surface area (Å²) in [6.07, 6.45) is 5.44. The molecule has 1 aliphatic heterocycles. The number of nitrogens with one attached hydrogen (secondary N) is 1. The maximum absolute atomic E-state index is 12.8.